The van der Waals surface area contributed by atoms with Crippen LogP contribution in [0.25, 0.3) is 11.4 Å². The van der Waals surface area contributed by atoms with Crippen LogP contribution < -0.4 is 10.1 Å². The van der Waals surface area contributed by atoms with Crippen molar-refractivity contribution in [3.63, 3.8) is 0 Å². The van der Waals surface area contributed by atoms with Crippen molar-refractivity contribution < 1.29 is 9.53 Å². The van der Waals surface area contributed by atoms with Gasteiger partial charge in [0, 0.05) is 24.0 Å². The van der Waals surface area contributed by atoms with Crippen molar-refractivity contribution in [1.82, 2.24) is 20.1 Å². The van der Waals surface area contributed by atoms with Crippen molar-refractivity contribution in [3.8, 4) is 17.1 Å². The van der Waals surface area contributed by atoms with E-state index in [4.69, 9.17) is 9.84 Å². The number of ether oxygens (including phenoxy) is 1. The molecule has 0 bridgehead atoms. The molecular formula is C23H26N4O2. The van der Waals surface area contributed by atoms with E-state index in [0.717, 1.165) is 35.5 Å². The Kier molecular flexibility index (Phi) is 5.89. The molecule has 2 heterocycles. The third-order valence-electron chi connectivity index (χ3n) is 5.33. The second kappa shape index (κ2) is 8.90. The highest BCUT2D eigenvalue weighted by Crippen LogP contribution is 2.30. The lowest BCUT2D eigenvalue weighted by molar-refractivity contribution is -0.120. The third kappa shape index (κ3) is 4.47. The first-order valence-corrected chi connectivity index (χ1v) is 10.1. The summed E-state index contributed by atoms with van der Waals surface area (Å²) in [6, 6.07) is 13.5. The smallest absolute Gasteiger partial charge is 0.224 e. The van der Waals surface area contributed by atoms with Crippen molar-refractivity contribution in [2.24, 2.45) is 0 Å². The molecule has 0 radical (unpaired) electrons. The Labute approximate surface area is 170 Å². The number of rotatable bonds is 7. The number of methoxy groups -OCH3 is 1. The molecule has 0 aliphatic heterocycles. The van der Waals surface area contributed by atoms with Crippen LogP contribution in [0.1, 0.15) is 29.7 Å². The minimum Gasteiger partial charge on any atom is -0.497 e. The largest absolute Gasteiger partial charge is 0.497 e. The standard InChI is InChI=1S/C23H26N4O2/c1-29-18-11-9-17(10-12-18)16-22(28)25-14-15-27-21-8-3-2-6-19(21)23(26-27)20-7-4-5-13-24-20/h4-5,7,9-13H,2-3,6,8,14-16H2,1H3,(H,25,28). The van der Waals surface area contributed by atoms with E-state index < -0.39 is 0 Å². The monoisotopic (exact) mass is 390 g/mol. The number of carbonyl (C=O) groups excluding carboxylic acids is 1. The van der Waals surface area contributed by atoms with Crippen LogP contribution in [-0.4, -0.2) is 34.3 Å². The molecule has 0 saturated heterocycles. The van der Waals surface area contributed by atoms with Gasteiger partial charge in [0.1, 0.15) is 11.4 Å². The number of aromatic nitrogens is 3. The number of nitrogens with zero attached hydrogens (tertiary/aromatic N) is 3. The van der Waals surface area contributed by atoms with Crippen molar-refractivity contribution in [1.29, 1.82) is 0 Å². The van der Waals surface area contributed by atoms with Crippen molar-refractivity contribution >= 4 is 5.91 Å². The molecule has 1 aromatic carbocycles. The number of nitrogens with one attached hydrogen (secondary N) is 1. The van der Waals surface area contributed by atoms with Gasteiger partial charge >= 0.3 is 0 Å². The summed E-state index contributed by atoms with van der Waals surface area (Å²) in [6.07, 6.45) is 6.63. The molecular weight excluding hydrogens is 364 g/mol. The number of pyridine rings is 1. The molecule has 29 heavy (non-hydrogen) atoms. The minimum absolute atomic E-state index is 0.0149. The maximum absolute atomic E-state index is 12.3. The fourth-order valence-corrected chi connectivity index (χ4v) is 3.86. The van der Waals surface area contributed by atoms with E-state index in [1.54, 1.807) is 7.11 Å². The maximum atomic E-state index is 12.3. The predicted octanol–water partition coefficient (Wildman–Crippen LogP) is 3.19. The third-order valence-corrected chi connectivity index (χ3v) is 5.33. The first kappa shape index (κ1) is 19.2. The first-order valence-electron chi connectivity index (χ1n) is 10.1. The van der Waals surface area contributed by atoms with Gasteiger partial charge in [-0.3, -0.25) is 14.5 Å². The number of hydrogen-bond donors (Lipinski definition) is 1. The molecule has 2 aromatic heterocycles. The Morgan fingerprint density at radius 3 is 2.72 bits per heavy atom. The highest BCUT2D eigenvalue weighted by molar-refractivity contribution is 5.78. The summed E-state index contributed by atoms with van der Waals surface area (Å²) in [7, 11) is 1.63. The molecule has 0 atom stereocenters. The molecule has 1 N–H and O–H groups in total. The van der Waals surface area contributed by atoms with E-state index in [9.17, 15) is 4.79 Å². The van der Waals surface area contributed by atoms with Gasteiger partial charge in [0.2, 0.25) is 5.91 Å². The van der Waals surface area contributed by atoms with E-state index in [-0.39, 0.29) is 5.91 Å². The van der Waals surface area contributed by atoms with Gasteiger partial charge in [0.15, 0.2) is 0 Å². The average Bonchev–Trinajstić information content (AvgIpc) is 3.14. The zero-order valence-corrected chi connectivity index (χ0v) is 16.7. The molecule has 150 valence electrons. The van der Waals surface area contributed by atoms with Crippen LogP contribution in [0.2, 0.25) is 0 Å². The van der Waals surface area contributed by atoms with E-state index in [1.807, 2.05) is 48.7 Å². The Balaban J connectivity index is 1.39. The van der Waals surface area contributed by atoms with Gasteiger partial charge in [-0.25, -0.2) is 0 Å². The Bertz CT molecular complexity index is 965. The second-order valence-corrected chi connectivity index (χ2v) is 7.29. The van der Waals surface area contributed by atoms with Crippen molar-refractivity contribution in [2.75, 3.05) is 13.7 Å². The van der Waals surface area contributed by atoms with Crippen LogP contribution in [0, 0.1) is 0 Å². The van der Waals surface area contributed by atoms with E-state index in [2.05, 4.69) is 15.0 Å². The summed E-state index contributed by atoms with van der Waals surface area (Å²) in [5, 5.41) is 7.87. The van der Waals surface area contributed by atoms with Gasteiger partial charge in [0.25, 0.3) is 0 Å². The summed E-state index contributed by atoms with van der Waals surface area (Å²) in [5.41, 5.74) is 5.50. The number of hydrogen-bond acceptors (Lipinski definition) is 4. The van der Waals surface area contributed by atoms with Gasteiger partial charge in [-0.05, 0) is 55.5 Å². The minimum atomic E-state index is 0.0149. The Morgan fingerprint density at radius 2 is 1.97 bits per heavy atom. The van der Waals surface area contributed by atoms with Gasteiger partial charge in [-0.1, -0.05) is 18.2 Å². The van der Waals surface area contributed by atoms with Crippen LogP contribution >= 0.6 is 0 Å². The second-order valence-electron chi connectivity index (χ2n) is 7.29. The summed E-state index contributed by atoms with van der Waals surface area (Å²) in [5.74, 6) is 0.808. The van der Waals surface area contributed by atoms with Crippen molar-refractivity contribution in [2.45, 2.75) is 38.6 Å². The van der Waals surface area contributed by atoms with E-state index >= 15 is 0 Å². The molecule has 3 aromatic rings. The quantitative estimate of drug-likeness (QED) is 0.673. The van der Waals surface area contributed by atoms with Crippen LogP contribution in [0.3, 0.4) is 0 Å². The van der Waals surface area contributed by atoms with Crippen LogP contribution in [0.5, 0.6) is 5.75 Å². The lowest BCUT2D eigenvalue weighted by Crippen LogP contribution is -2.29. The molecule has 6 nitrogen and oxygen atoms in total. The Hall–Kier alpha value is -3.15. The van der Waals surface area contributed by atoms with Crippen molar-refractivity contribution in [3.05, 3.63) is 65.5 Å². The highest BCUT2D eigenvalue weighted by Gasteiger charge is 2.22. The fraction of sp³-hybridized carbons (Fsp3) is 0.348. The fourth-order valence-electron chi connectivity index (χ4n) is 3.86. The molecule has 0 saturated carbocycles. The summed E-state index contributed by atoms with van der Waals surface area (Å²) in [6.45, 7) is 1.23. The average molecular weight is 390 g/mol. The summed E-state index contributed by atoms with van der Waals surface area (Å²) >= 11 is 0. The van der Waals surface area contributed by atoms with Gasteiger partial charge < -0.3 is 10.1 Å². The van der Waals surface area contributed by atoms with Crippen LogP contribution in [0.15, 0.2) is 48.7 Å². The van der Waals surface area contributed by atoms with Crippen LogP contribution in [0.4, 0.5) is 0 Å². The number of amides is 1. The number of fused-ring (bicyclic) bond motifs is 1. The number of carbonyl (C=O) groups is 1. The molecule has 6 heteroatoms. The summed E-state index contributed by atoms with van der Waals surface area (Å²) < 4.78 is 7.21. The zero-order chi connectivity index (χ0) is 20.1. The zero-order valence-electron chi connectivity index (χ0n) is 16.7. The molecule has 0 fully saturated rings. The molecule has 4 rings (SSSR count). The maximum Gasteiger partial charge on any atom is 0.224 e. The predicted molar refractivity (Wildman–Crippen MR) is 112 cm³/mol. The molecule has 0 spiro atoms. The molecule has 1 aliphatic rings. The van der Waals surface area contributed by atoms with Gasteiger partial charge in [-0.15, -0.1) is 0 Å². The summed E-state index contributed by atoms with van der Waals surface area (Å²) in [4.78, 5) is 16.8. The lowest BCUT2D eigenvalue weighted by atomic mass is 9.95. The highest BCUT2D eigenvalue weighted by atomic mass is 16.5. The van der Waals surface area contributed by atoms with Gasteiger partial charge in [-0.2, -0.15) is 5.10 Å². The topological polar surface area (TPSA) is 69.0 Å². The molecule has 1 aliphatic carbocycles. The van der Waals surface area contributed by atoms with E-state index in [1.165, 1.54) is 24.1 Å². The van der Waals surface area contributed by atoms with E-state index in [0.29, 0.717) is 19.5 Å². The first-order chi connectivity index (χ1) is 14.2. The van der Waals surface area contributed by atoms with Gasteiger partial charge in [0.05, 0.1) is 25.8 Å². The normalized spacial score (nSPS) is 13.0. The Morgan fingerprint density at radius 1 is 1.14 bits per heavy atom. The number of benzene rings is 1. The molecule has 1 amide bonds. The lowest BCUT2D eigenvalue weighted by Gasteiger charge is -2.14. The molecule has 0 unspecified atom stereocenters. The SMILES string of the molecule is COc1ccc(CC(=O)NCCn2nc(-c3ccccn3)c3c2CCCC3)cc1. The van der Waals surface area contributed by atoms with Crippen LogP contribution in [-0.2, 0) is 30.6 Å².